The van der Waals surface area contributed by atoms with Crippen molar-refractivity contribution in [2.24, 2.45) is 0 Å². The molecule has 0 aliphatic rings. The second-order valence-corrected chi connectivity index (χ2v) is 7.29. The van der Waals surface area contributed by atoms with Gasteiger partial charge < -0.3 is 5.32 Å². The largest absolute Gasteiger partial charge is 0.310 e. The van der Waals surface area contributed by atoms with Crippen molar-refractivity contribution in [3.05, 3.63) is 48.9 Å². The van der Waals surface area contributed by atoms with Gasteiger partial charge in [-0.1, -0.05) is 36.9 Å². The van der Waals surface area contributed by atoms with Crippen LogP contribution in [0.5, 0.6) is 0 Å². The van der Waals surface area contributed by atoms with E-state index < -0.39 is 0 Å². The lowest BCUT2D eigenvalue weighted by atomic mass is 10.3. The summed E-state index contributed by atoms with van der Waals surface area (Å²) < 4.78 is 3.71. The molecule has 0 unspecified atom stereocenters. The highest BCUT2D eigenvalue weighted by atomic mass is 32.2. The third-order valence-electron chi connectivity index (χ3n) is 4.13. The van der Waals surface area contributed by atoms with Crippen LogP contribution in [0.4, 0.5) is 5.82 Å². The fourth-order valence-corrected chi connectivity index (χ4v) is 3.29. The number of nitrogens with zero attached hydrogens (tertiary/aromatic N) is 5. The van der Waals surface area contributed by atoms with E-state index in [-0.39, 0.29) is 17.2 Å². The smallest absolute Gasteiger partial charge is 0.238 e. The first-order chi connectivity index (χ1) is 12.6. The third-order valence-corrected chi connectivity index (χ3v) is 5.19. The molecule has 0 saturated heterocycles. The molecule has 0 bridgehead atoms. The van der Waals surface area contributed by atoms with Crippen molar-refractivity contribution in [2.75, 3.05) is 5.32 Å². The Hall–Kier alpha value is -2.61. The van der Waals surface area contributed by atoms with E-state index >= 15 is 0 Å². The van der Waals surface area contributed by atoms with Gasteiger partial charge in [0.05, 0.1) is 17.5 Å². The Morgan fingerprint density at radius 3 is 2.73 bits per heavy atom. The molecule has 2 aromatic heterocycles. The van der Waals surface area contributed by atoms with E-state index in [1.54, 1.807) is 12.5 Å². The van der Waals surface area contributed by atoms with Crippen LogP contribution in [0.15, 0.2) is 54.1 Å². The van der Waals surface area contributed by atoms with Crippen molar-refractivity contribution < 1.29 is 4.79 Å². The molecule has 7 nitrogen and oxygen atoms in total. The van der Waals surface area contributed by atoms with E-state index in [2.05, 4.69) is 34.5 Å². The molecule has 1 N–H and O–H groups in total. The van der Waals surface area contributed by atoms with Crippen LogP contribution in [-0.2, 0) is 4.79 Å². The van der Waals surface area contributed by atoms with Gasteiger partial charge in [0.15, 0.2) is 5.16 Å². The zero-order valence-electron chi connectivity index (χ0n) is 15.0. The van der Waals surface area contributed by atoms with Crippen LogP contribution in [-0.4, -0.2) is 35.7 Å². The Morgan fingerprint density at radius 1 is 1.23 bits per heavy atom. The predicted octanol–water partition coefficient (Wildman–Crippen LogP) is 3.55. The maximum absolute atomic E-state index is 12.6. The average Bonchev–Trinajstić information content (AvgIpc) is 3.31. The lowest BCUT2D eigenvalue weighted by molar-refractivity contribution is -0.115. The Morgan fingerprint density at radius 2 is 2.00 bits per heavy atom. The third kappa shape index (κ3) is 3.96. The SMILES string of the molecule is CC[C@@H](C)n1nccc1NC(=O)[C@H](C)Sc1nncn1-c1ccccc1. The summed E-state index contributed by atoms with van der Waals surface area (Å²) in [7, 11) is 0. The van der Waals surface area contributed by atoms with Gasteiger partial charge in [0.25, 0.3) is 0 Å². The number of para-hydroxylation sites is 1. The van der Waals surface area contributed by atoms with Gasteiger partial charge in [-0.2, -0.15) is 5.10 Å². The number of hydrogen-bond donors (Lipinski definition) is 1. The summed E-state index contributed by atoms with van der Waals surface area (Å²) in [5.74, 6) is 0.615. The van der Waals surface area contributed by atoms with E-state index in [9.17, 15) is 4.79 Å². The van der Waals surface area contributed by atoms with Gasteiger partial charge in [0, 0.05) is 11.8 Å². The lowest BCUT2D eigenvalue weighted by Crippen LogP contribution is -2.25. The Bertz CT molecular complexity index is 859. The van der Waals surface area contributed by atoms with Crippen molar-refractivity contribution in [3.8, 4) is 5.69 Å². The van der Waals surface area contributed by atoms with Crippen LogP contribution in [0.2, 0.25) is 0 Å². The first-order valence-corrected chi connectivity index (χ1v) is 9.44. The maximum atomic E-state index is 12.6. The minimum absolute atomic E-state index is 0.0948. The van der Waals surface area contributed by atoms with Crippen molar-refractivity contribution in [1.82, 2.24) is 24.5 Å². The van der Waals surface area contributed by atoms with Gasteiger partial charge in [-0.05, 0) is 32.4 Å². The minimum atomic E-state index is -0.332. The molecule has 8 heteroatoms. The van der Waals surface area contributed by atoms with E-state index in [1.807, 2.05) is 52.6 Å². The monoisotopic (exact) mass is 370 g/mol. The number of amides is 1. The number of carbonyl (C=O) groups excluding carboxylic acids is 1. The number of anilines is 1. The Balaban J connectivity index is 1.70. The van der Waals surface area contributed by atoms with Crippen molar-refractivity contribution in [3.63, 3.8) is 0 Å². The Labute approximate surface area is 156 Å². The van der Waals surface area contributed by atoms with Gasteiger partial charge in [0.2, 0.25) is 5.91 Å². The molecule has 0 spiro atoms. The van der Waals surface area contributed by atoms with Crippen LogP contribution < -0.4 is 5.32 Å². The van der Waals surface area contributed by atoms with E-state index in [0.717, 1.165) is 12.1 Å². The average molecular weight is 370 g/mol. The van der Waals surface area contributed by atoms with Crippen LogP contribution in [0.1, 0.15) is 33.2 Å². The number of hydrogen-bond acceptors (Lipinski definition) is 5. The fourth-order valence-electron chi connectivity index (χ4n) is 2.45. The van der Waals surface area contributed by atoms with Gasteiger partial charge in [0.1, 0.15) is 12.1 Å². The molecule has 136 valence electrons. The second kappa shape index (κ2) is 8.18. The van der Waals surface area contributed by atoms with E-state index in [1.165, 1.54) is 11.8 Å². The molecule has 26 heavy (non-hydrogen) atoms. The number of aromatic nitrogens is 5. The summed E-state index contributed by atoms with van der Waals surface area (Å²) in [5.41, 5.74) is 0.961. The summed E-state index contributed by atoms with van der Waals surface area (Å²) in [5, 5.41) is 15.7. The number of nitrogens with one attached hydrogen (secondary N) is 1. The summed E-state index contributed by atoms with van der Waals surface area (Å²) in [6.45, 7) is 6.02. The second-order valence-electron chi connectivity index (χ2n) is 5.99. The summed E-state index contributed by atoms with van der Waals surface area (Å²) in [6, 6.07) is 11.9. The topological polar surface area (TPSA) is 77.6 Å². The van der Waals surface area contributed by atoms with Gasteiger partial charge >= 0.3 is 0 Å². The molecule has 3 aromatic rings. The first-order valence-electron chi connectivity index (χ1n) is 8.56. The number of rotatable bonds is 7. The highest BCUT2D eigenvalue weighted by Gasteiger charge is 2.20. The summed E-state index contributed by atoms with van der Waals surface area (Å²) in [4.78, 5) is 12.6. The molecular formula is C18H22N6OS. The predicted molar refractivity (Wildman–Crippen MR) is 103 cm³/mol. The molecule has 0 fully saturated rings. The molecule has 1 amide bonds. The van der Waals surface area contributed by atoms with Gasteiger partial charge in [-0.15, -0.1) is 10.2 Å². The Kier molecular flexibility index (Phi) is 5.72. The van der Waals surface area contributed by atoms with Crippen LogP contribution in [0.25, 0.3) is 5.69 Å². The summed E-state index contributed by atoms with van der Waals surface area (Å²) in [6.07, 6.45) is 4.29. The van der Waals surface area contributed by atoms with Gasteiger partial charge in [-0.3, -0.25) is 9.36 Å². The zero-order valence-corrected chi connectivity index (χ0v) is 15.8. The highest BCUT2D eigenvalue weighted by Crippen LogP contribution is 2.25. The molecule has 2 atom stereocenters. The number of carbonyl (C=O) groups is 1. The van der Waals surface area contributed by atoms with Gasteiger partial charge in [-0.25, -0.2) is 4.68 Å². The van der Waals surface area contributed by atoms with E-state index in [4.69, 9.17) is 0 Å². The zero-order chi connectivity index (χ0) is 18.5. The van der Waals surface area contributed by atoms with Crippen molar-refractivity contribution >= 4 is 23.5 Å². The quantitative estimate of drug-likeness (QED) is 0.644. The lowest BCUT2D eigenvalue weighted by Gasteiger charge is -2.16. The molecule has 1 aromatic carbocycles. The first kappa shape index (κ1) is 18.2. The van der Waals surface area contributed by atoms with Crippen LogP contribution >= 0.6 is 11.8 Å². The standard InChI is InChI=1S/C18H22N6OS/c1-4-13(2)24-16(10-11-20-24)21-17(25)14(3)26-18-22-19-12-23(18)15-8-6-5-7-9-15/h5-14H,4H2,1-3H3,(H,21,25)/t13-,14+/m1/s1. The molecule has 2 heterocycles. The molecule has 3 rings (SSSR count). The number of thioether (sulfide) groups is 1. The minimum Gasteiger partial charge on any atom is -0.310 e. The highest BCUT2D eigenvalue weighted by molar-refractivity contribution is 8.00. The molecular weight excluding hydrogens is 348 g/mol. The number of benzene rings is 1. The molecule has 0 aliphatic carbocycles. The van der Waals surface area contributed by atoms with Crippen molar-refractivity contribution in [1.29, 1.82) is 0 Å². The van der Waals surface area contributed by atoms with Crippen molar-refractivity contribution in [2.45, 2.75) is 43.6 Å². The van der Waals surface area contributed by atoms with Crippen LogP contribution in [0, 0.1) is 0 Å². The molecule has 0 radical (unpaired) electrons. The van der Waals surface area contributed by atoms with E-state index in [0.29, 0.717) is 11.0 Å². The fraction of sp³-hybridized carbons (Fsp3) is 0.333. The summed E-state index contributed by atoms with van der Waals surface area (Å²) >= 11 is 1.37. The molecule has 0 saturated carbocycles. The molecule has 0 aliphatic heterocycles. The normalized spacial score (nSPS) is 13.3. The maximum Gasteiger partial charge on any atom is 0.238 e. The van der Waals surface area contributed by atoms with Crippen LogP contribution in [0.3, 0.4) is 0 Å².